The molecule has 11 heavy (non-hydrogen) atoms. The van der Waals surface area contributed by atoms with Crippen molar-refractivity contribution in [3.05, 3.63) is 11.1 Å². The van der Waals surface area contributed by atoms with Gasteiger partial charge >= 0.3 is 0 Å². The SMILES string of the molecule is CCC(=O)C(C)=C(CC)CC. The lowest BCUT2D eigenvalue weighted by molar-refractivity contribution is -0.115. The first-order chi connectivity index (χ1) is 5.17. The van der Waals surface area contributed by atoms with Gasteiger partial charge in [-0.1, -0.05) is 26.3 Å². The van der Waals surface area contributed by atoms with E-state index in [1.54, 1.807) is 0 Å². The van der Waals surface area contributed by atoms with Gasteiger partial charge in [0.2, 0.25) is 0 Å². The van der Waals surface area contributed by atoms with E-state index in [0.29, 0.717) is 12.2 Å². The third kappa shape index (κ3) is 2.87. The number of hydrogen-bond acceptors (Lipinski definition) is 1. The minimum Gasteiger partial charge on any atom is -0.295 e. The number of hydrogen-bond donors (Lipinski definition) is 0. The lowest BCUT2D eigenvalue weighted by Gasteiger charge is -2.05. The summed E-state index contributed by atoms with van der Waals surface area (Å²) in [6.07, 6.45) is 2.65. The molecule has 1 heteroatoms. The molecule has 64 valence electrons. The van der Waals surface area contributed by atoms with Crippen molar-refractivity contribution in [3.8, 4) is 0 Å². The normalized spacial score (nSPS) is 9.45. The predicted molar refractivity (Wildman–Crippen MR) is 48.6 cm³/mol. The van der Waals surface area contributed by atoms with E-state index in [-0.39, 0.29) is 0 Å². The van der Waals surface area contributed by atoms with Crippen LogP contribution < -0.4 is 0 Å². The molecule has 0 saturated carbocycles. The maximum absolute atomic E-state index is 11.2. The average Bonchev–Trinajstić information content (AvgIpc) is 2.05. The molecule has 1 nitrogen and oxygen atoms in total. The summed E-state index contributed by atoms with van der Waals surface area (Å²) in [4.78, 5) is 11.2. The maximum Gasteiger partial charge on any atom is 0.158 e. The second-order valence-corrected chi connectivity index (χ2v) is 2.71. The molecule has 0 spiro atoms. The van der Waals surface area contributed by atoms with Crippen molar-refractivity contribution in [1.29, 1.82) is 0 Å². The Hall–Kier alpha value is -0.590. The van der Waals surface area contributed by atoms with Crippen LogP contribution in [0.25, 0.3) is 0 Å². The van der Waals surface area contributed by atoms with Gasteiger partial charge in [-0.05, 0) is 25.3 Å². The van der Waals surface area contributed by atoms with Crippen molar-refractivity contribution >= 4 is 5.78 Å². The van der Waals surface area contributed by atoms with Gasteiger partial charge in [-0.2, -0.15) is 0 Å². The highest BCUT2D eigenvalue weighted by molar-refractivity contribution is 5.95. The fraction of sp³-hybridized carbons (Fsp3) is 0.700. The molecule has 0 heterocycles. The van der Waals surface area contributed by atoms with E-state index in [1.807, 2.05) is 13.8 Å². The van der Waals surface area contributed by atoms with Crippen molar-refractivity contribution in [2.45, 2.75) is 47.0 Å². The van der Waals surface area contributed by atoms with Crippen LogP contribution in [0.5, 0.6) is 0 Å². The van der Waals surface area contributed by atoms with E-state index < -0.39 is 0 Å². The van der Waals surface area contributed by atoms with Crippen LogP contribution >= 0.6 is 0 Å². The van der Waals surface area contributed by atoms with Crippen LogP contribution in [0, 0.1) is 0 Å². The first-order valence-corrected chi connectivity index (χ1v) is 4.39. The zero-order chi connectivity index (χ0) is 8.85. The van der Waals surface area contributed by atoms with Crippen LogP contribution in [0.1, 0.15) is 47.0 Å². The van der Waals surface area contributed by atoms with Crippen LogP contribution in [0.4, 0.5) is 0 Å². The Balaban J connectivity index is 4.46. The number of carbonyl (C=O) groups excluding carboxylic acids is 1. The van der Waals surface area contributed by atoms with E-state index in [2.05, 4.69) is 13.8 Å². The van der Waals surface area contributed by atoms with Crippen LogP contribution in [0.3, 0.4) is 0 Å². The van der Waals surface area contributed by atoms with Crippen LogP contribution in [-0.2, 0) is 4.79 Å². The molecule has 0 aliphatic carbocycles. The molecule has 0 radical (unpaired) electrons. The third-order valence-corrected chi connectivity index (χ3v) is 2.12. The number of allylic oxidation sites excluding steroid dienone is 2. The highest BCUT2D eigenvalue weighted by atomic mass is 16.1. The minimum atomic E-state index is 0.295. The smallest absolute Gasteiger partial charge is 0.158 e. The van der Waals surface area contributed by atoms with E-state index >= 15 is 0 Å². The zero-order valence-electron chi connectivity index (χ0n) is 8.03. The van der Waals surface area contributed by atoms with Gasteiger partial charge in [-0.15, -0.1) is 0 Å². The molecular formula is C10H18O. The fourth-order valence-electron chi connectivity index (χ4n) is 1.24. The van der Waals surface area contributed by atoms with Crippen molar-refractivity contribution in [2.75, 3.05) is 0 Å². The van der Waals surface area contributed by atoms with E-state index in [0.717, 1.165) is 18.4 Å². The fourth-order valence-corrected chi connectivity index (χ4v) is 1.24. The summed E-state index contributed by atoms with van der Waals surface area (Å²) in [5, 5.41) is 0. The molecule has 0 aliphatic rings. The summed E-state index contributed by atoms with van der Waals surface area (Å²) < 4.78 is 0. The number of rotatable bonds is 4. The van der Waals surface area contributed by atoms with Crippen molar-refractivity contribution < 1.29 is 4.79 Å². The summed E-state index contributed by atoms with van der Waals surface area (Å²) >= 11 is 0. The molecule has 0 aromatic rings. The third-order valence-electron chi connectivity index (χ3n) is 2.12. The average molecular weight is 154 g/mol. The molecule has 0 aromatic heterocycles. The number of ketones is 1. The Morgan fingerprint density at radius 3 is 1.73 bits per heavy atom. The lowest BCUT2D eigenvalue weighted by Crippen LogP contribution is -2.00. The van der Waals surface area contributed by atoms with Gasteiger partial charge < -0.3 is 0 Å². The molecule has 0 aromatic carbocycles. The van der Waals surface area contributed by atoms with Crippen LogP contribution in [-0.4, -0.2) is 5.78 Å². The minimum absolute atomic E-state index is 0.295. The maximum atomic E-state index is 11.2. The summed E-state index contributed by atoms with van der Waals surface area (Å²) in [5.41, 5.74) is 2.29. The second-order valence-electron chi connectivity index (χ2n) is 2.71. The van der Waals surface area contributed by atoms with Crippen molar-refractivity contribution in [2.24, 2.45) is 0 Å². The lowest BCUT2D eigenvalue weighted by atomic mass is 10.0. The predicted octanol–water partition coefficient (Wildman–Crippen LogP) is 3.10. The Morgan fingerprint density at radius 1 is 1.00 bits per heavy atom. The molecule has 0 atom stereocenters. The molecule has 0 unspecified atom stereocenters. The van der Waals surface area contributed by atoms with Crippen molar-refractivity contribution in [3.63, 3.8) is 0 Å². The van der Waals surface area contributed by atoms with Gasteiger partial charge in [0.15, 0.2) is 5.78 Å². The van der Waals surface area contributed by atoms with E-state index in [1.165, 1.54) is 5.57 Å². The van der Waals surface area contributed by atoms with Crippen molar-refractivity contribution in [1.82, 2.24) is 0 Å². The topological polar surface area (TPSA) is 17.1 Å². The highest BCUT2D eigenvalue weighted by Gasteiger charge is 2.04. The van der Waals surface area contributed by atoms with Gasteiger partial charge in [0.05, 0.1) is 0 Å². The van der Waals surface area contributed by atoms with Gasteiger partial charge in [0.1, 0.15) is 0 Å². The van der Waals surface area contributed by atoms with Gasteiger partial charge in [0, 0.05) is 6.42 Å². The summed E-state index contributed by atoms with van der Waals surface area (Å²) in [6, 6.07) is 0. The summed E-state index contributed by atoms with van der Waals surface area (Å²) in [7, 11) is 0. The first-order valence-electron chi connectivity index (χ1n) is 4.39. The Kier molecular flexibility index (Phi) is 4.84. The molecule has 0 fully saturated rings. The molecular weight excluding hydrogens is 136 g/mol. The summed E-state index contributed by atoms with van der Waals surface area (Å²) in [5.74, 6) is 0.295. The van der Waals surface area contributed by atoms with Gasteiger partial charge in [-0.25, -0.2) is 0 Å². The largest absolute Gasteiger partial charge is 0.295 e. The molecule has 0 bridgehead atoms. The monoisotopic (exact) mass is 154 g/mol. The Labute approximate surface area is 69.5 Å². The first kappa shape index (κ1) is 10.4. The number of carbonyl (C=O) groups is 1. The molecule has 0 rings (SSSR count). The van der Waals surface area contributed by atoms with E-state index in [9.17, 15) is 4.79 Å². The summed E-state index contributed by atoms with van der Waals surface area (Å²) in [6.45, 7) is 8.06. The highest BCUT2D eigenvalue weighted by Crippen LogP contribution is 2.13. The quantitative estimate of drug-likeness (QED) is 0.569. The van der Waals surface area contributed by atoms with E-state index in [4.69, 9.17) is 0 Å². The molecule has 0 saturated heterocycles. The van der Waals surface area contributed by atoms with Gasteiger partial charge in [-0.3, -0.25) is 4.79 Å². The molecule has 0 amide bonds. The Morgan fingerprint density at radius 2 is 1.45 bits per heavy atom. The standard InChI is InChI=1S/C10H18O/c1-5-9(6-2)8(4)10(11)7-3/h5-7H2,1-4H3. The second kappa shape index (κ2) is 5.11. The number of Topliss-reactive ketones (excluding diaryl/α,β-unsaturated/α-hetero) is 1. The zero-order valence-corrected chi connectivity index (χ0v) is 8.03. The van der Waals surface area contributed by atoms with Crippen LogP contribution in [0.2, 0.25) is 0 Å². The molecule has 0 N–H and O–H groups in total. The Bertz CT molecular complexity index is 160. The van der Waals surface area contributed by atoms with Gasteiger partial charge in [0.25, 0.3) is 0 Å². The van der Waals surface area contributed by atoms with Crippen LogP contribution in [0.15, 0.2) is 11.1 Å². The molecule has 0 aliphatic heterocycles.